The smallest absolute Gasteiger partial charge is 0.0159 e. The molecule has 2 aliphatic carbocycles. The number of allylic oxidation sites excluding steroid dienone is 1. The van der Waals surface area contributed by atoms with Crippen LogP contribution in [0.2, 0.25) is 0 Å². The lowest BCUT2D eigenvalue weighted by Crippen LogP contribution is -2.14. The van der Waals surface area contributed by atoms with Crippen molar-refractivity contribution >= 4 is 49.2 Å². The van der Waals surface area contributed by atoms with E-state index in [4.69, 9.17) is 0 Å². The topological polar surface area (TPSA) is 0 Å². The summed E-state index contributed by atoms with van der Waals surface area (Å²) in [4.78, 5) is 0. The van der Waals surface area contributed by atoms with Gasteiger partial charge in [-0.1, -0.05) is 178 Å². The van der Waals surface area contributed by atoms with E-state index in [1.165, 1.54) is 121 Å². The zero-order valence-corrected chi connectivity index (χ0v) is 32.7. The molecule has 0 aliphatic heterocycles. The molecular formula is C58H40. The first kappa shape index (κ1) is 33.2. The summed E-state index contributed by atoms with van der Waals surface area (Å²) >= 11 is 0. The fourth-order valence-corrected chi connectivity index (χ4v) is 10.4. The Kier molecular flexibility index (Phi) is 7.14. The predicted molar refractivity (Wildman–Crippen MR) is 249 cm³/mol. The third-order valence-electron chi connectivity index (χ3n) is 13.3. The summed E-state index contributed by atoms with van der Waals surface area (Å²) in [5.74, 6) is 0. The van der Waals surface area contributed by atoms with E-state index in [2.05, 4.69) is 208 Å². The van der Waals surface area contributed by atoms with Crippen molar-refractivity contribution in [3.05, 3.63) is 210 Å². The summed E-state index contributed by atoms with van der Waals surface area (Å²) in [7, 11) is 0. The van der Waals surface area contributed by atoms with Crippen LogP contribution in [0.4, 0.5) is 0 Å². The summed E-state index contributed by atoms with van der Waals surface area (Å²) in [5, 5.41) is 10.3. The molecular weight excluding hydrogens is 697 g/mol. The lowest BCUT2D eigenvalue weighted by Gasteiger charge is -2.23. The molecule has 0 nitrogen and oxygen atoms in total. The normalized spacial score (nSPS) is 13.7. The van der Waals surface area contributed by atoms with Crippen molar-refractivity contribution in [1.82, 2.24) is 0 Å². The van der Waals surface area contributed by atoms with E-state index in [1.807, 2.05) is 0 Å². The van der Waals surface area contributed by atoms with Crippen LogP contribution in [0, 0.1) is 0 Å². The molecule has 2 aliphatic rings. The molecule has 0 unspecified atom stereocenters. The zero-order valence-electron chi connectivity index (χ0n) is 32.7. The Balaban J connectivity index is 1.14. The maximum Gasteiger partial charge on any atom is 0.0159 e. The molecule has 0 bridgehead atoms. The summed E-state index contributed by atoms with van der Waals surface area (Å²) in [6.45, 7) is 4.75. The molecule has 0 radical (unpaired) electrons. The number of benzene rings is 10. The second-order valence-corrected chi connectivity index (χ2v) is 16.8. The first-order valence-corrected chi connectivity index (χ1v) is 20.6. The maximum absolute atomic E-state index is 2.49. The fraction of sp³-hybridized carbons (Fsp3) is 0.0690. The molecule has 12 rings (SSSR count). The van der Waals surface area contributed by atoms with Gasteiger partial charge < -0.3 is 0 Å². The Morgan fingerprint density at radius 2 is 0.983 bits per heavy atom. The molecule has 0 N–H and O–H groups in total. The molecule has 58 heavy (non-hydrogen) atoms. The van der Waals surface area contributed by atoms with Gasteiger partial charge in [0, 0.05) is 5.41 Å². The molecule has 0 spiro atoms. The molecule has 10 aromatic rings. The van der Waals surface area contributed by atoms with E-state index in [0.29, 0.717) is 0 Å². The van der Waals surface area contributed by atoms with Crippen molar-refractivity contribution in [3.8, 4) is 55.6 Å². The van der Waals surface area contributed by atoms with Crippen LogP contribution in [0.3, 0.4) is 0 Å². The van der Waals surface area contributed by atoms with Gasteiger partial charge in [-0.2, -0.15) is 0 Å². The Morgan fingerprint density at radius 3 is 1.86 bits per heavy atom. The van der Waals surface area contributed by atoms with Crippen molar-refractivity contribution in [2.24, 2.45) is 0 Å². The van der Waals surface area contributed by atoms with Gasteiger partial charge in [0.25, 0.3) is 0 Å². The van der Waals surface area contributed by atoms with E-state index in [-0.39, 0.29) is 5.41 Å². The molecule has 0 amide bonds. The SMILES string of the molecule is CC1(C)c2ccccc2-c2ccc(-c3ccc4c(-c5cccc(-c6ccc7ccccc7c6)c5)c5ccccc5c(-c5cc6ccccc6c6c5C=CC6)c4c3)cc21. The Hall–Kier alpha value is -7.02. The van der Waals surface area contributed by atoms with E-state index < -0.39 is 0 Å². The fourth-order valence-electron chi connectivity index (χ4n) is 10.4. The first-order chi connectivity index (χ1) is 28.5. The molecule has 0 fully saturated rings. The van der Waals surface area contributed by atoms with Gasteiger partial charge >= 0.3 is 0 Å². The summed E-state index contributed by atoms with van der Waals surface area (Å²) in [5.41, 5.74) is 18.3. The standard InChI is InChI=1S/C58H40/c1-58(2)54-24-10-9-19-47(54)48-29-27-41(35-55(48)58)40-28-30-51-53(33-40)57(52-34-42-15-5-6-18-44(42)45-22-12-23-46(45)52)50-21-8-7-20-49(50)56(51)43-17-11-16-38(32-43)39-26-25-36-13-3-4-14-37(36)31-39/h3-21,23-35H,22H2,1-2H3. The largest absolute Gasteiger partial charge is 0.0795 e. The van der Waals surface area contributed by atoms with Crippen molar-refractivity contribution < 1.29 is 0 Å². The van der Waals surface area contributed by atoms with Gasteiger partial charge in [0.15, 0.2) is 0 Å². The highest BCUT2D eigenvalue weighted by Gasteiger charge is 2.35. The van der Waals surface area contributed by atoms with Crippen LogP contribution in [-0.2, 0) is 11.8 Å². The lowest BCUT2D eigenvalue weighted by molar-refractivity contribution is 0.660. The second kappa shape index (κ2) is 12.5. The molecule has 0 aromatic heterocycles. The van der Waals surface area contributed by atoms with Crippen molar-refractivity contribution in [2.45, 2.75) is 25.7 Å². The highest BCUT2D eigenvalue weighted by atomic mass is 14.4. The summed E-state index contributed by atoms with van der Waals surface area (Å²) in [6, 6.07) is 68.5. The Labute approximate surface area is 339 Å². The number of rotatable bonds is 4. The van der Waals surface area contributed by atoms with Crippen LogP contribution in [0.5, 0.6) is 0 Å². The van der Waals surface area contributed by atoms with Gasteiger partial charge in [-0.3, -0.25) is 0 Å². The molecule has 272 valence electrons. The van der Waals surface area contributed by atoms with Crippen LogP contribution in [0.1, 0.15) is 36.1 Å². The van der Waals surface area contributed by atoms with Crippen LogP contribution in [-0.4, -0.2) is 0 Å². The van der Waals surface area contributed by atoms with Gasteiger partial charge in [0.05, 0.1) is 0 Å². The summed E-state index contributed by atoms with van der Waals surface area (Å²) in [6.07, 6.45) is 5.66. The Morgan fingerprint density at radius 1 is 0.362 bits per heavy atom. The number of hydrogen-bond donors (Lipinski definition) is 0. The van der Waals surface area contributed by atoms with Gasteiger partial charge in [-0.15, -0.1) is 0 Å². The monoisotopic (exact) mass is 736 g/mol. The molecule has 10 aromatic carbocycles. The molecule has 0 saturated carbocycles. The van der Waals surface area contributed by atoms with Crippen LogP contribution < -0.4 is 0 Å². The number of hydrogen-bond acceptors (Lipinski definition) is 0. The van der Waals surface area contributed by atoms with Gasteiger partial charge in [-0.25, -0.2) is 0 Å². The van der Waals surface area contributed by atoms with Gasteiger partial charge in [-0.05, 0) is 158 Å². The molecule has 0 heterocycles. The van der Waals surface area contributed by atoms with Crippen LogP contribution >= 0.6 is 0 Å². The van der Waals surface area contributed by atoms with Crippen molar-refractivity contribution in [2.75, 3.05) is 0 Å². The average Bonchev–Trinajstić information content (AvgIpc) is 3.86. The molecule has 0 atom stereocenters. The third kappa shape index (κ3) is 4.88. The summed E-state index contributed by atoms with van der Waals surface area (Å²) < 4.78 is 0. The molecule has 0 heteroatoms. The third-order valence-corrected chi connectivity index (χ3v) is 13.3. The van der Waals surface area contributed by atoms with E-state index in [9.17, 15) is 0 Å². The minimum absolute atomic E-state index is 0.0681. The first-order valence-electron chi connectivity index (χ1n) is 20.6. The quantitative estimate of drug-likeness (QED) is 0.158. The van der Waals surface area contributed by atoms with Crippen LogP contribution in [0.15, 0.2) is 188 Å². The highest BCUT2D eigenvalue weighted by molar-refractivity contribution is 6.23. The number of fused-ring (bicyclic) bond motifs is 9. The highest BCUT2D eigenvalue weighted by Crippen LogP contribution is 2.51. The average molecular weight is 737 g/mol. The minimum Gasteiger partial charge on any atom is -0.0795 e. The van der Waals surface area contributed by atoms with Crippen molar-refractivity contribution in [1.29, 1.82) is 0 Å². The van der Waals surface area contributed by atoms with E-state index in [0.717, 1.165) is 6.42 Å². The van der Waals surface area contributed by atoms with Crippen molar-refractivity contribution in [3.63, 3.8) is 0 Å². The second-order valence-electron chi connectivity index (χ2n) is 16.8. The van der Waals surface area contributed by atoms with E-state index >= 15 is 0 Å². The van der Waals surface area contributed by atoms with Gasteiger partial charge in [0.1, 0.15) is 0 Å². The van der Waals surface area contributed by atoms with E-state index in [1.54, 1.807) is 0 Å². The predicted octanol–water partition coefficient (Wildman–Crippen LogP) is 15.8. The minimum atomic E-state index is -0.0681. The molecule has 0 saturated heterocycles. The Bertz CT molecular complexity index is 3390. The van der Waals surface area contributed by atoms with Gasteiger partial charge in [0.2, 0.25) is 0 Å². The lowest BCUT2D eigenvalue weighted by atomic mass is 9.80. The zero-order chi connectivity index (χ0) is 38.5. The van der Waals surface area contributed by atoms with Crippen LogP contribution in [0.25, 0.3) is 105 Å². The maximum atomic E-state index is 2.49.